The van der Waals surface area contributed by atoms with Crippen LogP contribution >= 0.6 is 0 Å². The van der Waals surface area contributed by atoms with Crippen LogP contribution in [0.4, 0.5) is 10.1 Å². The van der Waals surface area contributed by atoms with Crippen molar-refractivity contribution in [3.63, 3.8) is 0 Å². The fraction of sp³-hybridized carbons (Fsp3) is 0.238. The van der Waals surface area contributed by atoms with Gasteiger partial charge in [0.2, 0.25) is 0 Å². The minimum absolute atomic E-state index is 0.0275. The van der Waals surface area contributed by atoms with Crippen molar-refractivity contribution in [3.05, 3.63) is 65.0 Å². The molecule has 0 fully saturated rings. The molecule has 0 aromatic heterocycles. The molecule has 29 heavy (non-hydrogen) atoms. The fourth-order valence-electron chi connectivity index (χ4n) is 2.93. The van der Waals surface area contributed by atoms with Gasteiger partial charge in [0.05, 0.1) is 22.4 Å². The van der Waals surface area contributed by atoms with Gasteiger partial charge in [-0.2, -0.15) is 0 Å². The number of nitrogens with zero attached hydrogens (tertiary/aromatic N) is 1. The summed E-state index contributed by atoms with van der Waals surface area (Å²) in [6.07, 6.45) is 0.609. The number of fused-ring (bicyclic) bond motifs is 1. The molecule has 3 amide bonds. The number of ether oxygens (including phenoxy) is 1. The number of esters is 1. The Morgan fingerprint density at radius 3 is 2.48 bits per heavy atom. The SMILES string of the molecule is CCC(C)N1C(=O)c2ccc(C(=O)OCC(=O)Nc3ccccc3F)cc2C1=O. The molecular weight excluding hydrogens is 379 g/mol. The Morgan fingerprint density at radius 2 is 1.79 bits per heavy atom. The zero-order chi connectivity index (χ0) is 21.1. The van der Waals surface area contributed by atoms with E-state index in [0.29, 0.717) is 6.42 Å². The lowest BCUT2D eigenvalue weighted by Crippen LogP contribution is -2.37. The van der Waals surface area contributed by atoms with Crippen LogP contribution in [0, 0.1) is 5.82 Å². The van der Waals surface area contributed by atoms with Crippen LogP contribution in [0.2, 0.25) is 0 Å². The predicted molar refractivity (Wildman–Crippen MR) is 102 cm³/mol. The molecule has 2 aromatic rings. The van der Waals surface area contributed by atoms with Crippen LogP contribution in [0.5, 0.6) is 0 Å². The Labute approximate surface area is 166 Å². The summed E-state index contributed by atoms with van der Waals surface area (Å²) in [4.78, 5) is 50.2. The summed E-state index contributed by atoms with van der Waals surface area (Å²) in [5.41, 5.74) is 0.361. The van der Waals surface area contributed by atoms with E-state index in [1.807, 2.05) is 6.92 Å². The second-order valence-electron chi connectivity index (χ2n) is 6.60. The van der Waals surface area contributed by atoms with Gasteiger partial charge in [-0.25, -0.2) is 9.18 Å². The zero-order valence-corrected chi connectivity index (χ0v) is 15.9. The molecule has 1 heterocycles. The molecule has 1 aliphatic rings. The lowest BCUT2D eigenvalue weighted by Gasteiger charge is -2.20. The fourth-order valence-corrected chi connectivity index (χ4v) is 2.93. The van der Waals surface area contributed by atoms with Crippen molar-refractivity contribution in [3.8, 4) is 0 Å². The number of carbonyl (C=O) groups excluding carboxylic acids is 4. The molecule has 1 atom stereocenters. The minimum atomic E-state index is -0.835. The number of anilines is 1. The van der Waals surface area contributed by atoms with Crippen molar-refractivity contribution >= 4 is 29.4 Å². The Morgan fingerprint density at radius 1 is 1.10 bits per heavy atom. The van der Waals surface area contributed by atoms with Gasteiger partial charge < -0.3 is 10.1 Å². The number of halogens is 1. The van der Waals surface area contributed by atoms with Crippen LogP contribution in [0.3, 0.4) is 0 Å². The maximum absolute atomic E-state index is 13.5. The maximum Gasteiger partial charge on any atom is 0.338 e. The quantitative estimate of drug-likeness (QED) is 0.596. The average molecular weight is 398 g/mol. The minimum Gasteiger partial charge on any atom is -0.452 e. The normalized spacial score (nSPS) is 13.8. The Balaban J connectivity index is 1.67. The van der Waals surface area contributed by atoms with Crippen LogP contribution < -0.4 is 5.32 Å². The van der Waals surface area contributed by atoms with Crippen molar-refractivity contribution in [2.75, 3.05) is 11.9 Å². The standard InChI is InChI=1S/C21H19FN2O5/c1-3-12(2)24-19(26)14-9-8-13(10-15(14)20(24)27)21(28)29-11-18(25)23-17-7-5-4-6-16(17)22/h4-10,12H,3,11H2,1-2H3,(H,23,25). The van der Waals surface area contributed by atoms with Crippen LogP contribution in [0.15, 0.2) is 42.5 Å². The van der Waals surface area contributed by atoms with Crippen molar-refractivity contribution in [2.45, 2.75) is 26.3 Å². The molecule has 0 saturated carbocycles. The van der Waals surface area contributed by atoms with Crippen LogP contribution in [-0.4, -0.2) is 41.2 Å². The van der Waals surface area contributed by atoms with E-state index in [0.717, 1.165) is 0 Å². The van der Waals surface area contributed by atoms with E-state index in [2.05, 4.69) is 5.32 Å². The number of nitrogens with one attached hydrogen (secondary N) is 1. The van der Waals surface area contributed by atoms with E-state index in [1.54, 1.807) is 13.0 Å². The number of rotatable bonds is 6. The molecule has 1 N–H and O–H groups in total. The van der Waals surface area contributed by atoms with Crippen LogP contribution in [0.1, 0.15) is 51.3 Å². The third-order valence-corrected chi connectivity index (χ3v) is 4.67. The highest BCUT2D eigenvalue weighted by Crippen LogP contribution is 2.26. The second kappa shape index (κ2) is 8.22. The lowest BCUT2D eigenvalue weighted by molar-refractivity contribution is -0.119. The highest BCUT2D eigenvalue weighted by atomic mass is 19.1. The Bertz CT molecular complexity index is 1000. The molecule has 8 heteroatoms. The molecule has 3 rings (SSSR count). The van der Waals surface area contributed by atoms with E-state index in [-0.39, 0.29) is 28.4 Å². The molecule has 0 saturated heterocycles. The number of hydrogen-bond acceptors (Lipinski definition) is 5. The van der Waals surface area contributed by atoms with Gasteiger partial charge in [0.15, 0.2) is 6.61 Å². The monoisotopic (exact) mass is 398 g/mol. The van der Waals surface area contributed by atoms with Gasteiger partial charge in [-0.05, 0) is 43.7 Å². The Hall–Kier alpha value is -3.55. The Kier molecular flexibility index (Phi) is 5.72. The van der Waals surface area contributed by atoms with Gasteiger partial charge in [0, 0.05) is 6.04 Å². The molecule has 0 radical (unpaired) electrons. The van der Waals surface area contributed by atoms with Crippen molar-refractivity contribution in [1.29, 1.82) is 0 Å². The molecule has 0 aliphatic carbocycles. The average Bonchev–Trinajstić information content (AvgIpc) is 2.97. The van der Waals surface area contributed by atoms with Crippen LogP contribution in [0.25, 0.3) is 0 Å². The number of imide groups is 1. The van der Waals surface area contributed by atoms with Gasteiger partial charge in [-0.1, -0.05) is 19.1 Å². The predicted octanol–water partition coefficient (Wildman–Crippen LogP) is 3.02. The molecule has 0 spiro atoms. The van der Waals surface area contributed by atoms with Crippen molar-refractivity contribution < 1.29 is 28.3 Å². The number of amides is 3. The van der Waals surface area contributed by atoms with Gasteiger partial charge in [0.25, 0.3) is 17.7 Å². The van der Waals surface area contributed by atoms with Crippen LogP contribution in [-0.2, 0) is 9.53 Å². The summed E-state index contributed by atoms with van der Waals surface area (Å²) in [6, 6.07) is 9.38. The largest absolute Gasteiger partial charge is 0.452 e. The summed E-state index contributed by atoms with van der Waals surface area (Å²) in [5, 5.41) is 2.30. The molecule has 2 aromatic carbocycles. The number of para-hydroxylation sites is 1. The van der Waals surface area contributed by atoms with Gasteiger partial charge in [-0.3, -0.25) is 19.3 Å². The number of benzene rings is 2. The summed E-state index contributed by atoms with van der Waals surface area (Å²) >= 11 is 0. The smallest absolute Gasteiger partial charge is 0.338 e. The first-order chi connectivity index (χ1) is 13.8. The lowest BCUT2D eigenvalue weighted by atomic mass is 10.1. The van der Waals surface area contributed by atoms with E-state index in [9.17, 15) is 23.6 Å². The highest BCUT2D eigenvalue weighted by Gasteiger charge is 2.38. The van der Waals surface area contributed by atoms with Gasteiger partial charge >= 0.3 is 5.97 Å². The summed E-state index contributed by atoms with van der Waals surface area (Å²) in [6.45, 7) is 3.00. The molecule has 7 nitrogen and oxygen atoms in total. The first-order valence-electron chi connectivity index (χ1n) is 9.07. The topological polar surface area (TPSA) is 92.8 Å². The summed E-state index contributed by atoms with van der Waals surface area (Å²) in [7, 11) is 0. The van der Waals surface area contributed by atoms with E-state index >= 15 is 0 Å². The first kappa shape index (κ1) is 20.2. The molecular formula is C21H19FN2O5. The van der Waals surface area contributed by atoms with E-state index in [1.165, 1.54) is 41.3 Å². The summed E-state index contributed by atoms with van der Waals surface area (Å²) in [5.74, 6) is -3.02. The van der Waals surface area contributed by atoms with E-state index < -0.39 is 36.1 Å². The number of hydrogen-bond donors (Lipinski definition) is 1. The number of carbonyl (C=O) groups is 4. The second-order valence-corrected chi connectivity index (χ2v) is 6.60. The molecule has 0 bridgehead atoms. The molecule has 1 unspecified atom stereocenters. The van der Waals surface area contributed by atoms with Gasteiger partial charge in [0.1, 0.15) is 5.82 Å². The van der Waals surface area contributed by atoms with Crippen molar-refractivity contribution in [1.82, 2.24) is 4.90 Å². The highest BCUT2D eigenvalue weighted by molar-refractivity contribution is 6.22. The maximum atomic E-state index is 13.5. The van der Waals surface area contributed by atoms with E-state index in [4.69, 9.17) is 4.74 Å². The third kappa shape index (κ3) is 4.01. The van der Waals surface area contributed by atoms with Gasteiger partial charge in [-0.15, -0.1) is 0 Å². The molecule has 1 aliphatic heterocycles. The summed E-state index contributed by atoms with van der Waals surface area (Å²) < 4.78 is 18.5. The third-order valence-electron chi connectivity index (χ3n) is 4.67. The molecule has 150 valence electrons. The van der Waals surface area contributed by atoms with Crippen molar-refractivity contribution in [2.24, 2.45) is 0 Å². The first-order valence-corrected chi connectivity index (χ1v) is 9.07. The zero-order valence-electron chi connectivity index (χ0n) is 15.9.